The molecular formula is C13H18N2O2. The number of hydrogen-bond acceptors (Lipinski definition) is 3. The Morgan fingerprint density at radius 2 is 2.24 bits per heavy atom. The van der Waals surface area contributed by atoms with Crippen LogP contribution < -0.4 is 15.0 Å². The molecule has 0 spiro atoms. The van der Waals surface area contributed by atoms with Gasteiger partial charge in [0.05, 0.1) is 5.69 Å². The maximum absolute atomic E-state index is 11.7. The minimum Gasteiger partial charge on any atom is -0.479 e. The van der Waals surface area contributed by atoms with E-state index in [1.54, 1.807) is 18.9 Å². The summed E-state index contributed by atoms with van der Waals surface area (Å²) in [4.78, 5) is 13.4. The smallest absolute Gasteiger partial charge is 0.267 e. The number of rotatable bonds is 3. The van der Waals surface area contributed by atoms with Crippen molar-refractivity contribution in [1.82, 2.24) is 5.32 Å². The van der Waals surface area contributed by atoms with Crippen LogP contribution in [0.3, 0.4) is 0 Å². The number of carbonyl (C=O) groups excluding carboxylic acids is 1. The fourth-order valence-electron chi connectivity index (χ4n) is 1.99. The topological polar surface area (TPSA) is 41.6 Å². The van der Waals surface area contributed by atoms with Gasteiger partial charge in [0.1, 0.15) is 5.75 Å². The molecule has 1 amide bonds. The minimum atomic E-state index is -0.396. The summed E-state index contributed by atoms with van der Waals surface area (Å²) in [5, 5.41) is 3.12. The summed E-state index contributed by atoms with van der Waals surface area (Å²) in [5.74, 6) is 0.800. The van der Waals surface area contributed by atoms with Crippen molar-refractivity contribution in [3.05, 3.63) is 23.8 Å². The fraction of sp³-hybridized carbons (Fsp3) is 0.462. The maximum atomic E-state index is 11.7. The van der Waals surface area contributed by atoms with E-state index in [0.29, 0.717) is 0 Å². The van der Waals surface area contributed by atoms with Gasteiger partial charge in [0.25, 0.3) is 5.91 Å². The number of amides is 1. The molecule has 0 saturated carbocycles. The lowest BCUT2D eigenvalue weighted by Crippen LogP contribution is -2.41. The molecule has 0 bridgehead atoms. The van der Waals surface area contributed by atoms with Gasteiger partial charge in [-0.25, -0.2) is 0 Å². The lowest BCUT2D eigenvalue weighted by atomic mass is 10.1. The molecule has 1 aliphatic rings. The molecule has 1 aromatic carbocycles. The third-order valence-electron chi connectivity index (χ3n) is 3.03. The van der Waals surface area contributed by atoms with Crippen molar-refractivity contribution < 1.29 is 9.53 Å². The number of hydrogen-bond donors (Lipinski definition) is 1. The van der Waals surface area contributed by atoms with E-state index in [9.17, 15) is 4.79 Å². The second-order valence-electron chi connectivity index (χ2n) is 4.31. The number of nitrogens with zero attached hydrogens (tertiary/aromatic N) is 1. The van der Waals surface area contributed by atoms with Crippen molar-refractivity contribution in [2.24, 2.45) is 0 Å². The van der Waals surface area contributed by atoms with Gasteiger partial charge in [-0.3, -0.25) is 4.79 Å². The molecule has 4 heteroatoms. The average Bonchev–Trinajstić information content (AvgIpc) is 2.33. The first kappa shape index (κ1) is 11.9. The van der Waals surface area contributed by atoms with Gasteiger partial charge < -0.3 is 15.0 Å². The van der Waals surface area contributed by atoms with Crippen molar-refractivity contribution in [3.63, 3.8) is 0 Å². The monoisotopic (exact) mass is 234 g/mol. The molecule has 0 aromatic heterocycles. The van der Waals surface area contributed by atoms with Crippen molar-refractivity contribution in [1.29, 1.82) is 0 Å². The van der Waals surface area contributed by atoms with Crippen molar-refractivity contribution >= 4 is 11.6 Å². The molecule has 0 fully saturated rings. The summed E-state index contributed by atoms with van der Waals surface area (Å²) < 4.78 is 5.62. The first-order valence-electron chi connectivity index (χ1n) is 5.85. The molecule has 2 rings (SSSR count). The highest BCUT2D eigenvalue weighted by atomic mass is 16.5. The Morgan fingerprint density at radius 3 is 2.94 bits per heavy atom. The van der Waals surface area contributed by atoms with Crippen molar-refractivity contribution in [2.45, 2.75) is 19.4 Å². The molecule has 0 aliphatic carbocycles. The third-order valence-corrected chi connectivity index (χ3v) is 3.03. The Bertz CT molecular complexity index is 431. The van der Waals surface area contributed by atoms with Crippen LogP contribution in [0.1, 0.15) is 12.5 Å². The van der Waals surface area contributed by atoms with Gasteiger partial charge in [0.15, 0.2) is 6.10 Å². The molecule has 1 aliphatic heterocycles. The van der Waals surface area contributed by atoms with Crippen LogP contribution in [0.4, 0.5) is 5.69 Å². The molecule has 1 heterocycles. The van der Waals surface area contributed by atoms with Gasteiger partial charge in [0.2, 0.25) is 0 Å². The predicted octanol–water partition coefficient (Wildman–Crippen LogP) is 1.19. The summed E-state index contributed by atoms with van der Waals surface area (Å²) in [6.45, 7) is 2.71. The second-order valence-corrected chi connectivity index (χ2v) is 4.31. The lowest BCUT2D eigenvalue weighted by Gasteiger charge is -2.30. The van der Waals surface area contributed by atoms with Gasteiger partial charge in [0, 0.05) is 7.05 Å². The summed E-state index contributed by atoms with van der Waals surface area (Å²) in [5.41, 5.74) is 2.06. The van der Waals surface area contributed by atoms with Crippen LogP contribution in [0.15, 0.2) is 18.2 Å². The van der Waals surface area contributed by atoms with E-state index < -0.39 is 6.10 Å². The molecule has 4 nitrogen and oxygen atoms in total. The highest BCUT2D eigenvalue weighted by molar-refractivity contribution is 5.99. The van der Waals surface area contributed by atoms with Crippen LogP contribution in [-0.4, -0.2) is 32.7 Å². The second kappa shape index (κ2) is 4.75. The molecule has 1 atom stereocenters. The fourth-order valence-corrected chi connectivity index (χ4v) is 1.99. The molecular weight excluding hydrogens is 216 g/mol. The Hall–Kier alpha value is -1.55. The first-order valence-corrected chi connectivity index (χ1v) is 5.85. The SMILES string of the molecule is CNCCc1ccc2c(c1)OC(C)C(=O)N2C. The zero-order chi connectivity index (χ0) is 12.4. The van der Waals surface area contributed by atoms with E-state index in [4.69, 9.17) is 4.74 Å². The first-order chi connectivity index (χ1) is 8.13. The molecule has 1 unspecified atom stereocenters. The largest absolute Gasteiger partial charge is 0.479 e. The van der Waals surface area contributed by atoms with E-state index in [-0.39, 0.29) is 5.91 Å². The molecule has 0 saturated heterocycles. The summed E-state index contributed by atoms with van der Waals surface area (Å²) in [6.07, 6.45) is 0.561. The third kappa shape index (κ3) is 2.26. The van der Waals surface area contributed by atoms with E-state index >= 15 is 0 Å². The highest BCUT2D eigenvalue weighted by Gasteiger charge is 2.28. The van der Waals surface area contributed by atoms with Crippen LogP contribution in [0.2, 0.25) is 0 Å². The van der Waals surface area contributed by atoms with E-state index in [1.807, 2.05) is 25.2 Å². The number of benzene rings is 1. The molecule has 1 aromatic rings. The van der Waals surface area contributed by atoms with Crippen LogP contribution >= 0.6 is 0 Å². The van der Waals surface area contributed by atoms with Crippen LogP contribution in [0, 0.1) is 0 Å². The van der Waals surface area contributed by atoms with Crippen molar-refractivity contribution in [2.75, 3.05) is 25.5 Å². The Kier molecular flexibility index (Phi) is 3.33. The zero-order valence-corrected chi connectivity index (χ0v) is 10.5. The summed E-state index contributed by atoms with van der Waals surface area (Å²) >= 11 is 0. The van der Waals surface area contributed by atoms with Crippen LogP contribution in [-0.2, 0) is 11.2 Å². The van der Waals surface area contributed by atoms with Gasteiger partial charge >= 0.3 is 0 Å². The summed E-state index contributed by atoms with van der Waals surface area (Å²) in [7, 11) is 3.72. The number of anilines is 1. The normalized spacial score (nSPS) is 18.9. The van der Waals surface area contributed by atoms with E-state index in [1.165, 1.54) is 5.56 Å². The van der Waals surface area contributed by atoms with Gasteiger partial charge in [-0.15, -0.1) is 0 Å². The van der Waals surface area contributed by atoms with Crippen LogP contribution in [0.25, 0.3) is 0 Å². The number of carbonyl (C=O) groups is 1. The van der Waals surface area contributed by atoms with Gasteiger partial charge in [-0.1, -0.05) is 6.07 Å². The Morgan fingerprint density at radius 1 is 1.47 bits per heavy atom. The van der Waals surface area contributed by atoms with Crippen molar-refractivity contribution in [3.8, 4) is 5.75 Å². The predicted molar refractivity (Wildman–Crippen MR) is 67.6 cm³/mol. The molecule has 17 heavy (non-hydrogen) atoms. The molecule has 92 valence electrons. The van der Waals surface area contributed by atoms with E-state index in [2.05, 4.69) is 5.32 Å². The standard InChI is InChI=1S/C13H18N2O2/c1-9-13(16)15(3)11-5-4-10(6-7-14-2)8-12(11)17-9/h4-5,8-9,14H,6-7H2,1-3H3. The number of ether oxygens (including phenoxy) is 1. The van der Waals surface area contributed by atoms with E-state index in [0.717, 1.165) is 24.4 Å². The molecule has 1 N–H and O–H groups in total. The lowest BCUT2D eigenvalue weighted by molar-refractivity contribution is -0.125. The number of fused-ring (bicyclic) bond motifs is 1. The zero-order valence-electron chi connectivity index (χ0n) is 10.5. The summed E-state index contributed by atoms with van der Waals surface area (Å²) in [6, 6.07) is 6.01. The quantitative estimate of drug-likeness (QED) is 0.854. The number of nitrogens with one attached hydrogen (secondary N) is 1. The Balaban J connectivity index is 2.27. The van der Waals surface area contributed by atoms with Gasteiger partial charge in [-0.05, 0) is 44.6 Å². The number of likely N-dealkylation sites (N-methyl/N-ethyl adjacent to an activating group) is 2. The molecule has 0 radical (unpaired) electrons. The maximum Gasteiger partial charge on any atom is 0.267 e. The van der Waals surface area contributed by atoms with Gasteiger partial charge in [-0.2, -0.15) is 0 Å². The Labute approximate surface area is 102 Å². The highest BCUT2D eigenvalue weighted by Crippen LogP contribution is 2.33. The minimum absolute atomic E-state index is 0.000440. The average molecular weight is 234 g/mol. The van der Waals surface area contributed by atoms with Crippen LogP contribution in [0.5, 0.6) is 5.75 Å².